The molecule has 0 atom stereocenters. The third-order valence-electron chi connectivity index (χ3n) is 2.20. The molecular weight excluding hydrogens is 240 g/mol. The lowest BCUT2D eigenvalue weighted by Gasteiger charge is -2.07. The van der Waals surface area contributed by atoms with Crippen molar-refractivity contribution in [1.82, 2.24) is 0 Å². The maximum Gasteiger partial charge on any atom is 0.333 e. The number of hydrogen-bond donors (Lipinski definition) is 0. The molecule has 3 nitrogen and oxygen atoms in total. The van der Waals surface area contributed by atoms with Gasteiger partial charge in [0, 0.05) is 12.0 Å². The summed E-state index contributed by atoms with van der Waals surface area (Å²) < 4.78 is 9.90. The van der Waals surface area contributed by atoms with Gasteiger partial charge in [0.15, 0.2) is 0 Å². The first-order chi connectivity index (χ1) is 8.08. The van der Waals surface area contributed by atoms with Crippen molar-refractivity contribution in [3.05, 3.63) is 40.9 Å². The average molecular weight is 255 g/mol. The number of ether oxygens (including phenoxy) is 2. The molecular formula is C13H15ClO3. The molecule has 92 valence electrons. The summed E-state index contributed by atoms with van der Waals surface area (Å²) in [7, 11) is 1.55. The quantitative estimate of drug-likeness (QED) is 0.599. The molecule has 0 amide bonds. The molecule has 0 radical (unpaired) electrons. The van der Waals surface area contributed by atoms with Crippen LogP contribution in [0.15, 0.2) is 30.4 Å². The van der Waals surface area contributed by atoms with Crippen molar-refractivity contribution < 1.29 is 14.3 Å². The second-order valence-electron chi connectivity index (χ2n) is 3.47. The van der Waals surface area contributed by atoms with Crippen LogP contribution in [0.4, 0.5) is 0 Å². The van der Waals surface area contributed by atoms with Crippen LogP contribution in [0.2, 0.25) is 5.02 Å². The molecule has 0 heterocycles. The van der Waals surface area contributed by atoms with E-state index < -0.39 is 0 Å². The van der Waals surface area contributed by atoms with E-state index in [1.54, 1.807) is 26.2 Å². The van der Waals surface area contributed by atoms with E-state index in [-0.39, 0.29) is 5.97 Å². The first-order valence-electron chi connectivity index (χ1n) is 5.25. The third kappa shape index (κ3) is 3.79. The van der Waals surface area contributed by atoms with Gasteiger partial charge in [0.25, 0.3) is 0 Å². The van der Waals surface area contributed by atoms with Crippen molar-refractivity contribution in [2.45, 2.75) is 13.3 Å². The van der Waals surface area contributed by atoms with Crippen LogP contribution in [0.25, 0.3) is 0 Å². The highest BCUT2D eigenvalue weighted by Gasteiger charge is 2.09. The topological polar surface area (TPSA) is 35.5 Å². The van der Waals surface area contributed by atoms with Crippen LogP contribution < -0.4 is 4.74 Å². The standard InChI is InChI=1S/C13H15ClO3/c1-4-17-13(15)9(2)7-10-5-6-12(16-3)11(14)8-10/h5-6,8H,2,4,7H2,1,3H3. The summed E-state index contributed by atoms with van der Waals surface area (Å²) >= 11 is 5.98. The first-order valence-corrected chi connectivity index (χ1v) is 5.63. The van der Waals surface area contributed by atoms with Crippen molar-refractivity contribution in [2.75, 3.05) is 13.7 Å². The van der Waals surface area contributed by atoms with Gasteiger partial charge in [-0.1, -0.05) is 24.2 Å². The zero-order valence-electron chi connectivity index (χ0n) is 9.96. The van der Waals surface area contributed by atoms with Crippen molar-refractivity contribution in [1.29, 1.82) is 0 Å². The molecule has 0 saturated heterocycles. The maximum atomic E-state index is 11.4. The highest BCUT2D eigenvalue weighted by molar-refractivity contribution is 6.32. The Hall–Kier alpha value is -1.48. The SMILES string of the molecule is C=C(Cc1ccc(OC)c(Cl)c1)C(=O)OCC. The van der Waals surface area contributed by atoms with Crippen LogP contribution in [-0.2, 0) is 16.0 Å². The van der Waals surface area contributed by atoms with Gasteiger partial charge in [-0.25, -0.2) is 4.79 Å². The van der Waals surface area contributed by atoms with Gasteiger partial charge in [-0.2, -0.15) is 0 Å². The van der Waals surface area contributed by atoms with E-state index >= 15 is 0 Å². The van der Waals surface area contributed by atoms with E-state index in [0.29, 0.717) is 29.4 Å². The van der Waals surface area contributed by atoms with Gasteiger partial charge in [0.1, 0.15) is 5.75 Å². The van der Waals surface area contributed by atoms with E-state index in [1.807, 2.05) is 6.07 Å². The average Bonchev–Trinajstić information content (AvgIpc) is 2.29. The predicted molar refractivity (Wildman–Crippen MR) is 67.5 cm³/mol. The summed E-state index contributed by atoms with van der Waals surface area (Å²) in [6.07, 6.45) is 0.419. The number of carbonyl (C=O) groups is 1. The molecule has 4 heteroatoms. The van der Waals surface area contributed by atoms with Crippen LogP contribution in [0, 0.1) is 0 Å². The number of halogens is 1. The minimum atomic E-state index is -0.376. The van der Waals surface area contributed by atoms with E-state index in [1.165, 1.54) is 0 Å². The fraction of sp³-hybridized carbons (Fsp3) is 0.308. The van der Waals surface area contributed by atoms with Gasteiger partial charge in [-0.05, 0) is 24.6 Å². The van der Waals surface area contributed by atoms with Gasteiger partial charge in [-0.15, -0.1) is 0 Å². The Kier molecular flexibility index (Phi) is 5.04. The fourth-order valence-electron chi connectivity index (χ4n) is 1.37. The highest BCUT2D eigenvalue weighted by Crippen LogP contribution is 2.25. The number of benzene rings is 1. The van der Waals surface area contributed by atoms with Gasteiger partial charge in [0.05, 0.1) is 18.7 Å². The molecule has 0 aromatic heterocycles. The zero-order valence-corrected chi connectivity index (χ0v) is 10.7. The largest absolute Gasteiger partial charge is 0.495 e. The van der Waals surface area contributed by atoms with E-state index in [2.05, 4.69) is 6.58 Å². The minimum absolute atomic E-state index is 0.348. The molecule has 0 aliphatic carbocycles. The molecule has 0 spiro atoms. The molecule has 0 N–H and O–H groups in total. The second kappa shape index (κ2) is 6.30. The van der Waals surface area contributed by atoms with Gasteiger partial charge >= 0.3 is 5.97 Å². The zero-order chi connectivity index (χ0) is 12.8. The molecule has 1 aromatic carbocycles. The molecule has 0 fully saturated rings. The Morgan fingerprint density at radius 1 is 1.47 bits per heavy atom. The van der Waals surface area contributed by atoms with Crippen LogP contribution >= 0.6 is 11.6 Å². The predicted octanol–water partition coefficient (Wildman–Crippen LogP) is 3.01. The summed E-state index contributed by atoms with van der Waals surface area (Å²) in [6.45, 7) is 5.80. The molecule has 0 unspecified atom stereocenters. The lowest BCUT2D eigenvalue weighted by Crippen LogP contribution is -2.08. The molecule has 0 aliphatic heterocycles. The molecule has 17 heavy (non-hydrogen) atoms. The number of carbonyl (C=O) groups excluding carboxylic acids is 1. The Bertz CT molecular complexity index is 427. The van der Waals surface area contributed by atoms with E-state index in [9.17, 15) is 4.79 Å². The Labute approximate surface area is 106 Å². The lowest BCUT2D eigenvalue weighted by atomic mass is 10.1. The van der Waals surface area contributed by atoms with Gasteiger partial charge in [0.2, 0.25) is 0 Å². The molecule has 0 bridgehead atoms. The minimum Gasteiger partial charge on any atom is -0.495 e. The molecule has 1 rings (SSSR count). The summed E-state index contributed by atoms with van der Waals surface area (Å²) in [4.78, 5) is 11.4. The Balaban J connectivity index is 2.72. The Morgan fingerprint density at radius 2 is 2.18 bits per heavy atom. The van der Waals surface area contributed by atoms with Crippen LogP contribution in [0.5, 0.6) is 5.75 Å². The van der Waals surface area contributed by atoms with Gasteiger partial charge < -0.3 is 9.47 Å². The summed E-state index contributed by atoms with van der Waals surface area (Å²) in [5, 5.41) is 0.515. The first kappa shape index (κ1) is 13.6. The maximum absolute atomic E-state index is 11.4. The van der Waals surface area contributed by atoms with Crippen LogP contribution in [0.3, 0.4) is 0 Å². The number of esters is 1. The molecule has 0 saturated carbocycles. The number of rotatable bonds is 5. The third-order valence-corrected chi connectivity index (χ3v) is 2.49. The molecule has 1 aromatic rings. The second-order valence-corrected chi connectivity index (χ2v) is 3.88. The summed E-state index contributed by atoms with van der Waals surface area (Å²) in [5.74, 6) is 0.233. The smallest absolute Gasteiger partial charge is 0.333 e. The number of methoxy groups -OCH3 is 1. The highest BCUT2D eigenvalue weighted by atomic mass is 35.5. The van der Waals surface area contributed by atoms with Crippen LogP contribution in [-0.4, -0.2) is 19.7 Å². The number of hydrogen-bond acceptors (Lipinski definition) is 3. The Morgan fingerprint density at radius 3 is 2.71 bits per heavy atom. The molecule has 0 aliphatic rings. The van der Waals surface area contributed by atoms with Crippen LogP contribution in [0.1, 0.15) is 12.5 Å². The monoisotopic (exact) mass is 254 g/mol. The van der Waals surface area contributed by atoms with Crippen molar-refractivity contribution in [3.63, 3.8) is 0 Å². The normalized spacial score (nSPS) is 9.82. The lowest BCUT2D eigenvalue weighted by molar-refractivity contribution is -0.138. The van der Waals surface area contributed by atoms with Gasteiger partial charge in [-0.3, -0.25) is 0 Å². The van der Waals surface area contributed by atoms with Crippen molar-refractivity contribution >= 4 is 17.6 Å². The van der Waals surface area contributed by atoms with E-state index in [4.69, 9.17) is 21.1 Å². The fourth-order valence-corrected chi connectivity index (χ4v) is 1.65. The van der Waals surface area contributed by atoms with Crippen molar-refractivity contribution in [3.8, 4) is 5.75 Å². The summed E-state index contributed by atoms with van der Waals surface area (Å²) in [6, 6.07) is 5.36. The summed E-state index contributed by atoms with van der Waals surface area (Å²) in [5.41, 5.74) is 1.31. The van der Waals surface area contributed by atoms with E-state index in [0.717, 1.165) is 5.56 Å². The van der Waals surface area contributed by atoms with Crippen molar-refractivity contribution in [2.24, 2.45) is 0 Å².